The van der Waals surface area contributed by atoms with Crippen LogP contribution in [0.1, 0.15) is 39.9 Å². The van der Waals surface area contributed by atoms with E-state index in [9.17, 15) is 14.4 Å². The number of rotatable bonds is 7. The molecule has 2 aromatic carbocycles. The van der Waals surface area contributed by atoms with Gasteiger partial charge < -0.3 is 9.64 Å². The van der Waals surface area contributed by atoms with Gasteiger partial charge in [0.2, 0.25) is 17.5 Å². The van der Waals surface area contributed by atoms with Gasteiger partial charge in [-0.1, -0.05) is 30.3 Å². The van der Waals surface area contributed by atoms with Gasteiger partial charge in [0.15, 0.2) is 12.7 Å². The zero-order valence-corrected chi connectivity index (χ0v) is 21.2. The van der Waals surface area contributed by atoms with Gasteiger partial charge in [0, 0.05) is 53.2 Å². The summed E-state index contributed by atoms with van der Waals surface area (Å²) in [5.41, 5.74) is 5.71. The number of amides is 3. The quantitative estimate of drug-likeness (QED) is 0.298. The number of pyridine rings is 2. The molecule has 1 saturated heterocycles. The minimum absolute atomic E-state index is 0.209. The molecule has 1 N–H and O–H groups in total. The zero-order valence-electron chi connectivity index (χ0n) is 21.2. The Morgan fingerprint density at radius 1 is 0.923 bits per heavy atom. The van der Waals surface area contributed by atoms with E-state index in [1.807, 2.05) is 30.3 Å². The summed E-state index contributed by atoms with van der Waals surface area (Å²) in [6.45, 7) is 1.36. The Hall–Kier alpha value is -4.85. The summed E-state index contributed by atoms with van der Waals surface area (Å²) in [5, 5.41) is 2.34. The molecule has 2 aromatic heterocycles. The number of hydrogen-bond acceptors (Lipinski definition) is 5. The summed E-state index contributed by atoms with van der Waals surface area (Å²) >= 11 is 0. The highest BCUT2D eigenvalue weighted by Crippen LogP contribution is 2.34. The molecule has 0 bridgehead atoms. The van der Waals surface area contributed by atoms with Gasteiger partial charge in [-0.2, -0.15) is 4.57 Å². The minimum Gasteiger partial charge on any atom is -0.489 e. The summed E-state index contributed by atoms with van der Waals surface area (Å²) in [6, 6.07) is 23.2. The number of aromatic nitrogens is 2. The molecule has 1 fully saturated rings. The number of nitrogens with one attached hydrogen (secondary N) is 1. The van der Waals surface area contributed by atoms with E-state index in [0.29, 0.717) is 24.3 Å². The first-order valence-electron chi connectivity index (χ1n) is 12.9. The van der Waals surface area contributed by atoms with Gasteiger partial charge in [0.1, 0.15) is 18.4 Å². The molecule has 8 heteroatoms. The Balaban J connectivity index is 1.13. The highest BCUT2D eigenvalue weighted by Gasteiger charge is 2.40. The minimum atomic E-state index is -0.649. The van der Waals surface area contributed by atoms with E-state index in [4.69, 9.17) is 4.74 Å². The topological polar surface area (TPSA) is 92.5 Å². The van der Waals surface area contributed by atoms with Crippen molar-refractivity contribution in [3.05, 3.63) is 114 Å². The largest absolute Gasteiger partial charge is 0.489 e. The van der Waals surface area contributed by atoms with Gasteiger partial charge in [-0.15, -0.1) is 0 Å². The van der Waals surface area contributed by atoms with Crippen LogP contribution in [0.25, 0.3) is 11.3 Å². The van der Waals surface area contributed by atoms with Crippen molar-refractivity contribution >= 4 is 17.7 Å². The van der Waals surface area contributed by atoms with Crippen molar-refractivity contribution in [1.29, 1.82) is 0 Å². The van der Waals surface area contributed by atoms with Crippen LogP contribution >= 0.6 is 0 Å². The lowest BCUT2D eigenvalue weighted by Crippen LogP contribution is -2.52. The van der Waals surface area contributed by atoms with E-state index in [1.54, 1.807) is 24.5 Å². The third kappa shape index (κ3) is 5.01. The number of carbonyl (C=O) groups excluding carboxylic acids is 3. The van der Waals surface area contributed by atoms with Crippen molar-refractivity contribution in [3.63, 3.8) is 0 Å². The average Bonchev–Trinajstić information content (AvgIpc) is 3.30. The summed E-state index contributed by atoms with van der Waals surface area (Å²) in [5.74, 6) is -0.302. The van der Waals surface area contributed by atoms with Crippen LogP contribution in [0.2, 0.25) is 0 Å². The first kappa shape index (κ1) is 24.5. The van der Waals surface area contributed by atoms with Gasteiger partial charge >= 0.3 is 0 Å². The van der Waals surface area contributed by atoms with Crippen LogP contribution in [0.15, 0.2) is 91.4 Å². The number of fused-ring (bicyclic) bond motifs is 1. The van der Waals surface area contributed by atoms with Crippen molar-refractivity contribution in [2.75, 3.05) is 0 Å². The molecule has 6 rings (SSSR count). The number of hydrogen-bond donors (Lipinski definition) is 1. The Morgan fingerprint density at radius 2 is 1.72 bits per heavy atom. The fourth-order valence-corrected chi connectivity index (χ4v) is 5.19. The molecule has 4 aromatic rings. The summed E-state index contributed by atoms with van der Waals surface area (Å²) in [6.07, 6.45) is 6.22. The van der Waals surface area contributed by atoms with Crippen LogP contribution in [0, 0.1) is 0 Å². The molecule has 0 radical (unpaired) electrons. The number of nitrogens with zero attached hydrogens (tertiary/aromatic N) is 3. The van der Waals surface area contributed by atoms with E-state index in [0.717, 1.165) is 34.5 Å². The second-order valence-electron chi connectivity index (χ2n) is 9.74. The van der Waals surface area contributed by atoms with Crippen molar-refractivity contribution in [2.24, 2.45) is 0 Å². The van der Waals surface area contributed by atoms with Crippen LogP contribution in [0.3, 0.4) is 0 Å². The Bertz CT molecular complexity index is 1550. The zero-order chi connectivity index (χ0) is 26.8. The lowest BCUT2D eigenvalue weighted by molar-refractivity contribution is -0.677. The highest BCUT2D eigenvalue weighted by atomic mass is 16.5. The van der Waals surface area contributed by atoms with Crippen LogP contribution in [-0.2, 0) is 29.3 Å². The lowest BCUT2D eigenvalue weighted by atomic mass is 10.0. The van der Waals surface area contributed by atoms with E-state index < -0.39 is 11.9 Å². The van der Waals surface area contributed by atoms with Gasteiger partial charge in [-0.3, -0.25) is 24.7 Å². The average molecular weight is 520 g/mol. The van der Waals surface area contributed by atoms with E-state index in [1.165, 1.54) is 4.90 Å². The number of piperidine rings is 1. The maximum absolute atomic E-state index is 13.1. The van der Waals surface area contributed by atoms with Crippen molar-refractivity contribution in [1.82, 2.24) is 15.2 Å². The first-order chi connectivity index (χ1) is 19.1. The van der Waals surface area contributed by atoms with Crippen molar-refractivity contribution < 1.29 is 23.7 Å². The Labute approximate surface area is 225 Å². The molecule has 0 unspecified atom stereocenters. The standard InChI is InChI=1S/C31H26N4O4/c36-29-12-11-27(30(37)33-29)35-19-25-24(31(35)38)4-3-6-28(25)39-20-22-9-7-21(8-10-22)18-34-17-2-1-5-26(34)23-13-15-32-16-14-23/h1-10,13-17,27H,11-12,18-20H2/p+1/t27-/m1/s1. The monoisotopic (exact) mass is 519 g/mol. The van der Waals surface area contributed by atoms with Gasteiger partial charge in [0.25, 0.3) is 5.91 Å². The molecule has 194 valence electrons. The number of carbonyl (C=O) groups is 3. The van der Waals surface area contributed by atoms with Gasteiger partial charge in [-0.25, -0.2) is 0 Å². The van der Waals surface area contributed by atoms with Gasteiger partial charge in [-0.05, 0) is 42.3 Å². The molecule has 2 aliphatic rings. The van der Waals surface area contributed by atoms with Crippen LogP contribution in [0.4, 0.5) is 0 Å². The number of imide groups is 1. The van der Waals surface area contributed by atoms with E-state index >= 15 is 0 Å². The maximum Gasteiger partial charge on any atom is 0.255 e. The van der Waals surface area contributed by atoms with Crippen molar-refractivity contribution in [3.8, 4) is 17.0 Å². The van der Waals surface area contributed by atoms with Gasteiger partial charge in [0.05, 0.1) is 6.54 Å². The van der Waals surface area contributed by atoms with Crippen molar-refractivity contribution in [2.45, 2.75) is 38.6 Å². The summed E-state index contributed by atoms with van der Waals surface area (Å²) < 4.78 is 8.36. The Kier molecular flexibility index (Phi) is 6.59. The smallest absolute Gasteiger partial charge is 0.255 e. The molecule has 0 spiro atoms. The molecule has 4 heterocycles. The Morgan fingerprint density at radius 3 is 2.51 bits per heavy atom. The summed E-state index contributed by atoms with van der Waals surface area (Å²) in [7, 11) is 0. The maximum atomic E-state index is 13.1. The molecule has 0 saturated carbocycles. The lowest BCUT2D eigenvalue weighted by Gasteiger charge is -2.29. The second kappa shape index (κ2) is 10.5. The molecular formula is C31H27N4O4+. The van der Waals surface area contributed by atoms with Crippen LogP contribution in [0.5, 0.6) is 5.75 Å². The number of ether oxygens (including phenoxy) is 1. The normalized spacial score (nSPS) is 16.7. The van der Waals surface area contributed by atoms with E-state index in [2.05, 4.69) is 51.4 Å². The first-order valence-corrected chi connectivity index (χ1v) is 12.9. The molecule has 1 atom stereocenters. The summed E-state index contributed by atoms with van der Waals surface area (Å²) in [4.78, 5) is 42.6. The molecular weight excluding hydrogens is 492 g/mol. The van der Waals surface area contributed by atoms with Crippen LogP contribution in [-0.4, -0.2) is 33.6 Å². The predicted molar refractivity (Wildman–Crippen MR) is 142 cm³/mol. The fourth-order valence-electron chi connectivity index (χ4n) is 5.19. The highest BCUT2D eigenvalue weighted by molar-refractivity contribution is 6.05. The molecule has 3 amide bonds. The molecule has 0 aliphatic carbocycles. The number of benzene rings is 2. The third-order valence-corrected chi connectivity index (χ3v) is 7.23. The van der Waals surface area contributed by atoms with Crippen LogP contribution < -0.4 is 14.6 Å². The molecule has 2 aliphatic heterocycles. The molecule has 8 nitrogen and oxygen atoms in total. The third-order valence-electron chi connectivity index (χ3n) is 7.23. The predicted octanol–water partition coefficient (Wildman–Crippen LogP) is 3.42. The second-order valence-corrected chi connectivity index (χ2v) is 9.74. The molecule has 39 heavy (non-hydrogen) atoms. The fraction of sp³-hybridized carbons (Fsp3) is 0.194. The SMILES string of the molecule is O=C1CC[C@@H](N2Cc3c(OCc4ccc(C[n+]5ccccc5-c5ccncc5)cc4)cccc3C2=O)C(=O)N1. The van der Waals surface area contributed by atoms with E-state index in [-0.39, 0.29) is 24.8 Å².